The Bertz CT molecular complexity index is 1290. The molecule has 0 unspecified atom stereocenters. The zero-order valence-corrected chi connectivity index (χ0v) is 19.1. The van der Waals surface area contributed by atoms with E-state index in [2.05, 4.69) is 5.32 Å². The van der Waals surface area contributed by atoms with E-state index in [-0.39, 0.29) is 10.7 Å². The highest BCUT2D eigenvalue weighted by atomic mass is 35.5. The van der Waals surface area contributed by atoms with Crippen molar-refractivity contribution in [2.75, 3.05) is 10.2 Å². The molecule has 1 aliphatic rings. The number of carbonyl (C=O) groups excluding carboxylic acids is 3. The third kappa shape index (κ3) is 4.25. The molecule has 0 saturated heterocycles. The van der Waals surface area contributed by atoms with E-state index < -0.39 is 17.8 Å². The zero-order chi connectivity index (χ0) is 23.7. The summed E-state index contributed by atoms with van der Waals surface area (Å²) < 4.78 is 5.56. The molecule has 0 bridgehead atoms. The standard InChI is InChI=1S/C26H21ClN2O4/c1-15-7-4-5-10-20(15)29-24(30)21(27)22(25(29)31)28-19-13-11-18(12-14-19)26(32)33-23-16(2)8-6-9-17(23)3/h4-14,28H,1-3H3. The molecule has 0 aliphatic carbocycles. The summed E-state index contributed by atoms with van der Waals surface area (Å²) in [6.07, 6.45) is 0. The Morgan fingerprint density at radius 2 is 1.42 bits per heavy atom. The van der Waals surface area contributed by atoms with Gasteiger partial charge < -0.3 is 10.1 Å². The van der Waals surface area contributed by atoms with Crippen LogP contribution in [0.3, 0.4) is 0 Å². The van der Waals surface area contributed by atoms with Gasteiger partial charge in [0.2, 0.25) is 0 Å². The van der Waals surface area contributed by atoms with E-state index in [0.29, 0.717) is 22.7 Å². The maximum absolute atomic E-state index is 13.0. The lowest BCUT2D eigenvalue weighted by Crippen LogP contribution is -2.32. The first-order valence-corrected chi connectivity index (χ1v) is 10.7. The number of para-hydroxylation sites is 2. The lowest BCUT2D eigenvalue weighted by Gasteiger charge is -2.17. The third-order valence-corrected chi connectivity index (χ3v) is 5.73. The van der Waals surface area contributed by atoms with Crippen LogP contribution < -0.4 is 15.0 Å². The van der Waals surface area contributed by atoms with E-state index in [1.54, 1.807) is 36.4 Å². The normalized spacial score (nSPS) is 13.5. The van der Waals surface area contributed by atoms with E-state index in [1.165, 1.54) is 0 Å². The van der Waals surface area contributed by atoms with Crippen molar-refractivity contribution >= 4 is 40.8 Å². The van der Waals surface area contributed by atoms with E-state index >= 15 is 0 Å². The number of carbonyl (C=O) groups is 3. The Morgan fingerprint density at radius 3 is 2.06 bits per heavy atom. The number of hydrogen-bond donors (Lipinski definition) is 1. The van der Waals surface area contributed by atoms with Crippen LogP contribution in [-0.2, 0) is 9.59 Å². The summed E-state index contributed by atoms with van der Waals surface area (Å²) in [6.45, 7) is 5.56. The van der Waals surface area contributed by atoms with Gasteiger partial charge in [-0.1, -0.05) is 48.0 Å². The van der Waals surface area contributed by atoms with Gasteiger partial charge in [0.1, 0.15) is 16.5 Å². The lowest BCUT2D eigenvalue weighted by atomic mass is 10.1. The molecule has 33 heavy (non-hydrogen) atoms. The molecule has 0 fully saturated rings. The van der Waals surface area contributed by atoms with Gasteiger partial charge in [-0.25, -0.2) is 9.69 Å². The highest BCUT2D eigenvalue weighted by Crippen LogP contribution is 2.32. The molecule has 3 aromatic carbocycles. The highest BCUT2D eigenvalue weighted by Gasteiger charge is 2.39. The SMILES string of the molecule is Cc1ccccc1N1C(=O)C(Cl)=C(Nc2ccc(C(=O)Oc3c(C)cccc3C)cc2)C1=O. The van der Waals surface area contributed by atoms with E-state index in [4.69, 9.17) is 16.3 Å². The second-order valence-electron chi connectivity index (χ2n) is 7.73. The van der Waals surface area contributed by atoms with Crippen molar-refractivity contribution in [2.45, 2.75) is 20.8 Å². The molecular formula is C26H21ClN2O4. The Hall–Kier alpha value is -3.90. The van der Waals surface area contributed by atoms with Crippen LogP contribution >= 0.6 is 11.6 Å². The van der Waals surface area contributed by atoms with Gasteiger partial charge in [-0.05, 0) is 67.8 Å². The smallest absolute Gasteiger partial charge is 0.343 e. The maximum Gasteiger partial charge on any atom is 0.343 e. The van der Waals surface area contributed by atoms with Crippen LogP contribution in [0.4, 0.5) is 11.4 Å². The predicted octanol–water partition coefficient (Wildman–Crippen LogP) is 5.27. The van der Waals surface area contributed by atoms with Crippen LogP contribution in [0.5, 0.6) is 5.75 Å². The second kappa shape index (κ2) is 8.92. The molecule has 1 heterocycles. The van der Waals surface area contributed by atoms with Crippen molar-refractivity contribution in [2.24, 2.45) is 0 Å². The molecule has 4 rings (SSSR count). The number of nitrogens with zero attached hydrogens (tertiary/aromatic N) is 1. The summed E-state index contributed by atoms with van der Waals surface area (Å²) in [4.78, 5) is 39.2. The molecule has 0 aromatic heterocycles. The van der Waals surface area contributed by atoms with Gasteiger partial charge in [-0.3, -0.25) is 9.59 Å². The van der Waals surface area contributed by atoms with E-state index in [9.17, 15) is 14.4 Å². The van der Waals surface area contributed by atoms with Gasteiger partial charge in [0, 0.05) is 5.69 Å². The molecule has 1 N–H and O–H groups in total. The topological polar surface area (TPSA) is 75.7 Å². The number of amides is 2. The van der Waals surface area contributed by atoms with Gasteiger partial charge in [0.15, 0.2) is 0 Å². The van der Waals surface area contributed by atoms with Crippen LogP contribution in [-0.4, -0.2) is 17.8 Å². The van der Waals surface area contributed by atoms with Crippen LogP contribution in [0, 0.1) is 20.8 Å². The minimum Gasteiger partial charge on any atom is -0.422 e. The van der Waals surface area contributed by atoms with E-state index in [1.807, 2.05) is 51.1 Å². The average Bonchev–Trinajstić information content (AvgIpc) is 3.00. The number of halogens is 1. The Balaban J connectivity index is 1.51. The van der Waals surface area contributed by atoms with Crippen molar-refractivity contribution in [3.05, 3.63) is 99.7 Å². The largest absolute Gasteiger partial charge is 0.422 e. The molecule has 0 radical (unpaired) electrons. The van der Waals surface area contributed by atoms with Crippen molar-refractivity contribution in [1.29, 1.82) is 0 Å². The fourth-order valence-corrected chi connectivity index (χ4v) is 3.80. The molecule has 7 heteroatoms. The van der Waals surface area contributed by atoms with E-state index in [0.717, 1.165) is 21.6 Å². The van der Waals surface area contributed by atoms with Gasteiger partial charge >= 0.3 is 5.97 Å². The summed E-state index contributed by atoms with van der Waals surface area (Å²) in [6, 6.07) is 19.1. The second-order valence-corrected chi connectivity index (χ2v) is 8.11. The van der Waals surface area contributed by atoms with Crippen LogP contribution in [0.2, 0.25) is 0 Å². The van der Waals surface area contributed by atoms with Crippen LogP contribution in [0.1, 0.15) is 27.0 Å². The third-order valence-electron chi connectivity index (χ3n) is 5.38. The van der Waals surface area contributed by atoms with Crippen molar-refractivity contribution < 1.29 is 19.1 Å². The molecular weight excluding hydrogens is 440 g/mol. The van der Waals surface area contributed by atoms with Gasteiger partial charge in [-0.15, -0.1) is 0 Å². The maximum atomic E-state index is 13.0. The molecule has 1 aliphatic heterocycles. The van der Waals surface area contributed by atoms with Crippen molar-refractivity contribution in [3.63, 3.8) is 0 Å². The Kier molecular flexibility index (Phi) is 6.03. The minimum atomic E-state index is -0.590. The summed E-state index contributed by atoms with van der Waals surface area (Å²) in [5.74, 6) is -1.09. The summed E-state index contributed by atoms with van der Waals surface area (Å²) in [5.41, 5.74) is 3.81. The predicted molar refractivity (Wildman–Crippen MR) is 127 cm³/mol. The first-order chi connectivity index (χ1) is 15.8. The first-order valence-electron chi connectivity index (χ1n) is 10.3. The zero-order valence-electron chi connectivity index (χ0n) is 18.3. The van der Waals surface area contributed by atoms with Crippen molar-refractivity contribution in [1.82, 2.24) is 0 Å². The van der Waals surface area contributed by atoms with Gasteiger partial charge in [0.05, 0.1) is 11.3 Å². The fraction of sp³-hybridized carbons (Fsp3) is 0.115. The number of anilines is 2. The minimum absolute atomic E-state index is 0.0178. The monoisotopic (exact) mass is 460 g/mol. The number of nitrogens with one attached hydrogen (secondary N) is 1. The molecule has 166 valence electrons. The lowest BCUT2D eigenvalue weighted by molar-refractivity contribution is -0.120. The number of ether oxygens (including phenoxy) is 1. The number of hydrogen-bond acceptors (Lipinski definition) is 5. The number of benzene rings is 3. The van der Waals surface area contributed by atoms with Gasteiger partial charge in [0.25, 0.3) is 11.8 Å². The fourth-order valence-electron chi connectivity index (χ4n) is 3.59. The Labute approximate surface area is 196 Å². The molecule has 2 amide bonds. The highest BCUT2D eigenvalue weighted by molar-refractivity contribution is 6.53. The molecule has 6 nitrogen and oxygen atoms in total. The average molecular weight is 461 g/mol. The number of rotatable bonds is 5. The summed E-state index contributed by atoms with van der Waals surface area (Å²) in [5, 5.41) is 2.71. The van der Waals surface area contributed by atoms with Crippen LogP contribution in [0.25, 0.3) is 0 Å². The number of esters is 1. The van der Waals surface area contributed by atoms with Crippen molar-refractivity contribution in [3.8, 4) is 5.75 Å². The van der Waals surface area contributed by atoms with Crippen LogP contribution in [0.15, 0.2) is 77.5 Å². The molecule has 0 spiro atoms. The summed E-state index contributed by atoms with van der Waals surface area (Å²) >= 11 is 6.20. The number of aryl methyl sites for hydroxylation is 3. The Morgan fingerprint density at radius 1 is 0.818 bits per heavy atom. The molecule has 0 atom stereocenters. The van der Waals surface area contributed by atoms with Gasteiger partial charge in [-0.2, -0.15) is 0 Å². The number of imide groups is 1. The quantitative estimate of drug-likeness (QED) is 0.319. The summed E-state index contributed by atoms with van der Waals surface area (Å²) in [7, 11) is 0. The molecule has 0 saturated carbocycles. The molecule has 3 aromatic rings. The first kappa shape index (κ1) is 22.3.